The van der Waals surface area contributed by atoms with Crippen LogP contribution in [0.15, 0.2) is 27.7 Å². The molecule has 1 aliphatic rings. The lowest BCUT2D eigenvalue weighted by molar-refractivity contribution is -0.00834. The van der Waals surface area contributed by atoms with E-state index < -0.39 is 0 Å². The van der Waals surface area contributed by atoms with E-state index in [-0.39, 0.29) is 11.4 Å². The second-order valence-corrected chi connectivity index (χ2v) is 7.55. The first-order chi connectivity index (χ1) is 11.9. The summed E-state index contributed by atoms with van der Waals surface area (Å²) in [7, 11) is 0. The molecule has 1 heterocycles. The average Bonchev–Trinajstić information content (AvgIpc) is 2.61. The molecule has 0 aliphatic carbocycles. The number of hydrogen-bond donors (Lipinski definition) is 2. The maximum atomic E-state index is 13.4. The summed E-state index contributed by atoms with van der Waals surface area (Å²) in [6.45, 7) is 11.9. The molecule has 1 aromatic carbocycles. The van der Waals surface area contributed by atoms with Crippen LogP contribution in [-0.4, -0.2) is 55.8 Å². The summed E-state index contributed by atoms with van der Waals surface area (Å²) in [6.07, 6.45) is 0. The normalized spacial score (nSPS) is 16.8. The fraction of sp³-hybridized carbons (Fsp3) is 0.611. The Kier molecular flexibility index (Phi) is 7.65. The lowest BCUT2D eigenvalue weighted by Crippen LogP contribution is -2.56. The van der Waals surface area contributed by atoms with Crippen LogP contribution in [0.4, 0.5) is 4.39 Å². The Morgan fingerprint density at radius 3 is 2.72 bits per heavy atom. The van der Waals surface area contributed by atoms with E-state index >= 15 is 0 Å². The van der Waals surface area contributed by atoms with Crippen molar-refractivity contribution in [1.82, 2.24) is 15.5 Å². The van der Waals surface area contributed by atoms with Crippen molar-refractivity contribution in [2.24, 2.45) is 4.99 Å². The lowest BCUT2D eigenvalue weighted by atomic mass is 10.0. The lowest BCUT2D eigenvalue weighted by Gasteiger charge is -2.41. The van der Waals surface area contributed by atoms with Crippen molar-refractivity contribution < 1.29 is 9.13 Å². The molecule has 0 aromatic heterocycles. The molecule has 1 aliphatic heterocycles. The minimum Gasteiger partial charge on any atom is -0.379 e. The van der Waals surface area contributed by atoms with Gasteiger partial charge in [-0.15, -0.1) is 0 Å². The third-order valence-electron chi connectivity index (χ3n) is 4.32. The number of nitrogens with zero attached hydrogens (tertiary/aromatic N) is 2. The summed E-state index contributed by atoms with van der Waals surface area (Å²) in [4.78, 5) is 7.02. The topological polar surface area (TPSA) is 48.9 Å². The average molecular weight is 415 g/mol. The highest BCUT2D eigenvalue weighted by atomic mass is 79.9. The third-order valence-corrected chi connectivity index (χ3v) is 5.09. The molecule has 25 heavy (non-hydrogen) atoms. The molecular weight excluding hydrogens is 387 g/mol. The van der Waals surface area contributed by atoms with Crippen LogP contribution in [0.1, 0.15) is 26.3 Å². The van der Waals surface area contributed by atoms with Gasteiger partial charge in [0.2, 0.25) is 0 Å². The molecule has 0 saturated carbocycles. The van der Waals surface area contributed by atoms with E-state index in [0.29, 0.717) is 6.54 Å². The highest BCUT2D eigenvalue weighted by Crippen LogP contribution is 2.19. The van der Waals surface area contributed by atoms with Gasteiger partial charge in [0.05, 0.1) is 19.8 Å². The first-order valence-electron chi connectivity index (χ1n) is 8.71. The van der Waals surface area contributed by atoms with Gasteiger partial charge < -0.3 is 15.4 Å². The quantitative estimate of drug-likeness (QED) is 0.554. The molecule has 0 amide bonds. The predicted octanol–water partition coefficient (Wildman–Crippen LogP) is 2.75. The van der Waals surface area contributed by atoms with Crippen molar-refractivity contribution in [3.63, 3.8) is 0 Å². The van der Waals surface area contributed by atoms with Gasteiger partial charge in [0.15, 0.2) is 5.96 Å². The van der Waals surface area contributed by atoms with Crippen LogP contribution in [0.3, 0.4) is 0 Å². The standard InChI is InChI=1S/C18H28BrFN4O/c1-4-21-17(22-12-14-11-15(20)5-6-16(14)19)23-13-18(2,3)24-7-9-25-10-8-24/h5-6,11H,4,7-10,12-13H2,1-3H3,(H2,21,22,23). The van der Waals surface area contributed by atoms with Crippen LogP contribution in [0.2, 0.25) is 0 Å². The first-order valence-corrected chi connectivity index (χ1v) is 9.50. The fourth-order valence-corrected chi connectivity index (χ4v) is 3.12. The molecule has 0 bridgehead atoms. The van der Waals surface area contributed by atoms with Crippen LogP contribution in [0.5, 0.6) is 0 Å². The second-order valence-electron chi connectivity index (χ2n) is 6.70. The molecule has 7 heteroatoms. The summed E-state index contributed by atoms with van der Waals surface area (Å²) in [5.74, 6) is 0.486. The maximum absolute atomic E-state index is 13.4. The van der Waals surface area contributed by atoms with Gasteiger partial charge >= 0.3 is 0 Å². The molecule has 1 aromatic rings. The molecule has 2 N–H and O–H groups in total. The van der Waals surface area contributed by atoms with Crippen LogP contribution >= 0.6 is 15.9 Å². The molecular formula is C18H28BrFN4O. The van der Waals surface area contributed by atoms with Gasteiger partial charge in [0.1, 0.15) is 5.82 Å². The zero-order valence-corrected chi connectivity index (χ0v) is 16.8. The maximum Gasteiger partial charge on any atom is 0.191 e. The highest BCUT2D eigenvalue weighted by molar-refractivity contribution is 9.10. The number of halogens is 2. The Morgan fingerprint density at radius 1 is 1.32 bits per heavy atom. The fourth-order valence-electron chi connectivity index (χ4n) is 2.75. The molecule has 5 nitrogen and oxygen atoms in total. The molecule has 1 fully saturated rings. The van der Waals surface area contributed by atoms with Crippen LogP contribution in [-0.2, 0) is 11.3 Å². The van der Waals surface area contributed by atoms with E-state index in [1.165, 1.54) is 12.1 Å². The Balaban J connectivity index is 1.98. The second kappa shape index (κ2) is 9.50. The van der Waals surface area contributed by atoms with Gasteiger partial charge in [-0.3, -0.25) is 4.90 Å². The third kappa shape index (κ3) is 6.24. The van der Waals surface area contributed by atoms with Gasteiger partial charge in [-0.05, 0) is 44.5 Å². The molecule has 0 spiro atoms. The number of hydrogen-bond acceptors (Lipinski definition) is 3. The van der Waals surface area contributed by atoms with Gasteiger partial charge in [0.25, 0.3) is 0 Å². The van der Waals surface area contributed by atoms with Gasteiger partial charge in [-0.25, -0.2) is 9.38 Å². The molecule has 140 valence electrons. The monoisotopic (exact) mass is 414 g/mol. The van der Waals surface area contributed by atoms with E-state index in [1.807, 2.05) is 6.92 Å². The van der Waals surface area contributed by atoms with E-state index in [2.05, 4.69) is 50.3 Å². The van der Waals surface area contributed by atoms with E-state index in [0.717, 1.165) is 55.4 Å². The number of nitrogens with one attached hydrogen (secondary N) is 2. The number of aliphatic imine (C=N–C) groups is 1. The Labute approximate surface area is 158 Å². The highest BCUT2D eigenvalue weighted by Gasteiger charge is 2.28. The van der Waals surface area contributed by atoms with Gasteiger partial charge in [-0.2, -0.15) is 0 Å². The summed E-state index contributed by atoms with van der Waals surface area (Å²) in [5, 5.41) is 6.66. The minimum absolute atomic E-state index is 0.000586. The zero-order chi connectivity index (χ0) is 18.3. The van der Waals surface area contributed by atoms with Crippen molar-refractivity contribution in [3.05, 3.63) is 34.1 Å². The molecule has 0 radical (unpaired) electrons. The number of ether oxygens (including phenoxy) is 1. The SMILES string of the molecule is CCNC(=NCc1cc(F)ccc1Br)NCC(C)(C)N1CCOCC1. The van der Waals surface area contributed by atoms with Crippen LogP contribution in [0, 0.1) is 5.82 Å². The number of morpholine rings is 1. The molecule has 0 unspecified atom stereocenters. The smallest absolute Gasteiger partial charge is 0.191 e. The van der Waals surface area contributed by atoms with Crippen molar-refractivity contribution >= 4 is 21.9 Å². The Hall–Kier alpha value is -1.18. The van der Waals surface area contributed by atoms with E-state index in [4.69, 9.17) is 4.74 Å². The zero-order valence-electron chi connectivity index (χ0n) is 15.2. The van der Waals surface area contributed by atoms with Crippen molar-refractivity contribution in [1.29, 1.82) is 0 Å². The van der Waals surface area contributed by atoms with Crippen LogP contribution < -0.4 is 10.6 Å². The van der Waals surface area contributed by atoms with Crippen molar-refractivity contribution in [2.45, 2.75) is 32.9 Å². The van der Waals surface area contributed by atoms with Crippen molar-refractivity contribution in [3.8, 4) is 0 Å². The van der Waals surface area contributed by atoms with Crippen molar-refractivity contribution in [2.75, 3.05) is 39.4 Å². The van der Waals surface area contributed by atoms with Gasteiger partial charge in [-0.1, -0.05) is 15.9 Å². The molecule has 1 saturated heterocycles. The van der Waals surface area contributed by atoms with Crippen LogP contribution in [0.25, 0.3) is 0 Å². The number of guanidine groups is 1. The Morgan fingerprint density at radius 2 is 2.04 bits per heavy atom. The summed E-state index contributed by atoms with van der Waals surface area (Å²) in [5.41, 5.74) is 0.823. The van der Waals surface area contributed by atoms with E-state index in [1.54, 1.807) is 6.07 Å². The number of rotatable bonds is 6. The molecule has 0 atom stereocenters. The summed E-state index contributed by atoms with van der Waals surface area (Å²) >= 11 is 3.45. The Bertz CT molecular complexity index is 588. The minimum atomic E-state index is -0.250. The van der Waals surface area contributed by atoms with Gasteiger partial charge in [0, 0.05) is 36.2 Å². The largest absolute Gasteiger partial charge is 0.379 e. The predicted molar refractivity (Wildman–Crippen MR) is 103 cm³/mol. The summed E-state index contributed by atoms with van der Waals surface area (Å²) < 4.78 is 19.7. The number of benzene rings is 1. The first kappa shape index (κ1) is 20.1. The summed E-state index contributed by atoms with van der Waals surface area (Å²) in [6, 6.07) is 4.66. The van der Waals surface area contributed by atoms with E-state index in [9.17, 15) is 4.39 Å². The molecule has 2 rings (SSSR count).